The van der Waals surface area contributed by atoms with E-state index in [1.807, 2.05) is 0 Å². The topological polar surface area (TPSA) is 86.3 Å². The Hall–Kier alpha value is -2.76. The largest absolute Gasteiger partial charge is 0.272 e. The average molecular weight is 271 g/mol. The standard InChI is InChI=1S/C14H11N2O4/c1-10-6-7-13(15(17)18)9-12(10)8-11-4-2-3-5-14(11)16(19)20/h2-7,9H,1,8H2. The number of hydrogen-bond donors (Lipinski definition) is 0. The third-order valence-electron chi connectivity index (χ3n) is 2.97. The minimum Gasteiger partial charge on any atom is -0.258 e. The van der Waals surface area contributed by atoms with Crippen LogP contribution in [0.4, 0.5) is 11.4 Å². The van der Waals surface area contributed by atoms with Gasteiger partial charge in [-0.2, -0.15) is 0 Å². The Kier molecular flexibility index (Phi) is 3.74. The van der Waals surface area contributed by atoms with Gasteiger partial charge in [0, 0.05) is 30.2 Å². The molecule has 0 amide bonds. The molecule has 0 saturated heterocycles. The van der Waals surface area contributed by atoms with Crippen LogP contribution in [0.1, 0.15) is 16.7 Å². The van der Waals surface area contributed by atoms with Gasteiger partial charge in [-0.1, -0.05) is 24.3 Å². The molecule has 0 unspecified atom stereocenters. The zero-order valence-electron chi connectivity index (χ0n) is 10.5. The quantitative estimate of drug-likeness (QED) is 0.630. The second-order valence-electron chi connectivity index (χ2n) is 4.27. The Morgan fingerprint density at radius 2 is 1.65 bits per heavy atom. The van der Waals surface area contributed by atoms with Crippen molar-refractivity contribution in [3.63, 3.8) is 0 Å². The molecule has 0 aromatic heterocycles. The van der Waals surface area contributed by atoms with Gasteiger partial charge in [0.25, 0.3) is 11.4 Å². The van der Waals surface area contributed by atoms with Crippen molar-refractivity contribution in [2.45, 2.75) is 6.42 Å². The summed E-state index contributed by atoms with van der Waals surface area (Å²) >= 11 is 0. The zero-order chi connectivity index (χ0) is 14.7. The van der Waals surface area contributed by atoms with Crippen LogP contribution in [-0.2, 0) is 6.42 Å². The van der Waals surface area contributed by atoms with E-state index in [9.17, 15) is 20.2 Å². The highest BCUT2D eigenvalue weighted by Gasteiger charge is 2.15. The van der Waals surface area contributed by atoms with Crippen LogP contribution in [0, 0.1) is 27.2 Å². The summed E-state index contributed by atoms with van der Waals surface area (Å²) in [5, 5.41) is 21.7. The number of nitro benzene ring substituents is 2. The molecule has 0 aliphatic rings. The monoisotopic (exact) mass is 271 g/mol. The van der Waals surface area contributed by atoms with E-state index in [1.54, 1.807) is 24.3 Å². The van der Waals surface area contributed by atoms with Gasteiger partial charge in [-0.15, -0.1) is 0 Å². The summed E-state index contributed by atoms with van der Waals surface area (Å²) in [6, 6.07) is 10.6. The fourth-order valence-electron chi connectivity index (χ4n) is 1.93. The van der Waals surface area contributed by atoms with Gasteiger partial charge >= 0.3 is 0 Å². The Morgan fingerprint density at radius 3 is 2.30 bits per heavy atom. The molecular weight excluding hydrogens is 260 g/mol. The van der Waals surface area contributed by atoms with E-state index < -0.39 is 9.85 Å². The fraction of sp³-hybridized carbons (Fsp3) is 0.0714. The number of nitrogens with zero attached hydrogens (tertiary/aromatic N) is 2. The molecule has 0 N–H and O–H groups in total. The van der Waals surface area contributed by atoms with Gasteiger partial charge < -0.3 is 0 Å². The van der Waals surface area contributed by atoms with E-state index in [0.717, 1.165) is 0 Å². The molecule has 20 heavy (non-hydrogen) atoms. The second kappa shape index (κ2) is 5.48. The first-order chi connectivity index (χ1) is 9.49. The molecule has 0 bridgehead atoms. The summed E-state index contributed by atoms with van der Waals surface area (Å²) < 4.78 is 0. The van der Waals surface area contributed by atoms with Crippen LogP contribution in [0.15, 0.2) is 42.5 Å². The molecule has 0 saturated carbocycles. The van der Waals surface area contributed by atoms with Gasteiger partial charge in [-0.25, -0.2) is 0 Å². The molecule has 0 atom stereocenters. The molecule has 0 fully saturated rings. The smallest absolute Gasteiger partial charge is 0.258 e. The van der Waals surface area contributed by atoms with Crippen LogP contribution in [0.3, 0.4) is 0 Å². The van der Waals surface area contributed by atoms with Crippen LogP contribution in [0.25, 0.3) is 0 Å². The molecule has 0 heterocycles. The van der Waals surface area contributed by atoms with E-state index in [2.05, 4.69) is 6.92 Å². The number of rotatable bonds is 4. The SMILES string of the molecule is [CH2]c1ccc([N+](=O)[O-])cc1Cc1ccccc1[N+](=O)[O-]. The number of nitro groups is 2. The third-order valence-corrected chi connectivity index (χ3v) is 2.97. The molecule has 0 aliphatic heterocycles. The summed E-state index contributed by atoms with van der Waals surface area (Å²) in [7, 11) is 0. The Labute approximate surface area is 115 Å². The van der Waals surface area contributed by atoms with E-state index in [4.69, 9.17) is 0 Å². The number of para-hydroxylation sites is 1. The summed E-state index contributed by atoms with van der Waals surface area (Å²) in [4.78, 5) is 20.8. The minimum atomic E-state index is -0.498. The second-order valence-corrected chi connectivity index (χ2v) is 4.27. The maximum Gasteiger partial charge on any atom is 0.272 e. The summed E-state index contributed by atoms with van der Waals surface area (Å²) in [5.74, 6) is 0. The van der Waals surface area contributed by atoms with Crippen molar-refractivity contribution < 1.29 is 9.85 Å². The first-order valence-electron chi connectivity index (χ1n) is 5.80. The fourth-order valence-corrected chi connectivity index (χ4v) is 1.93. The Bertz CT molecular complexity index is 683. The van der Waals surface area contributed by atoms with Crippen LogP contribution < -0.4 is 0 Å². The highest BCUT2D eigenvalue weighted by Crippen LogP contribution is 2.25. The van der Waals surface area contributed by atoms with Crippen molar-refractivity contribution in [1.29, 1.82) is 0 Å². The van der Waals surface area contributed by atoms with Crippen LogP contribution in [-0.4, -0.2) is 9.85 Å². The van der Waals surface area contributed by atoms with Crippen molar-refractivity contribution in [3.8, 4) is 0 Å². The van der Waals surface area contributed by atoms with Crippen LogP contribution in [0.5, 0.6) is 0 Å². The molecular formula is C14H11N2O4. The van der Waals surface area contributed by atoms with Crippen molar-refractivity contribution in [3.05, 3.63) is 86.3 Å². The van der Waals surface area contributed by atoms with Crippen LogP contribution in [0.2, 0.25) is 0 Å². The van der Waals surface area contributed by atoms with Gasteiger partial charge in [0.05, 0.1) is 9.85 Å². The summed E-state index contributed by atoms with van der Waals surface area (Å²) in [6.07, 6.45) is 0.234. The average Bonchev–Trinajstić information content (AvgIpc) is 2.41. The molecule has 0 spiro atoms. The molecule has 6 nitrogen and oxygen atoms in total. The van der Waals surface area contributed by atoms with Crippen molar-refractivity contribution in [1.82, 2.24) is 0 Å². The zero-order valence-corrected chi connectivity index (χ0v) is 10.5. The predicted octanol–water partition coefficient (Wildman–Crippen LogP) is 3.28. The van der Waals surface area contributed by atoms with Crippen LogP contribution >= 0.6 is 0 Å². The van der Waals surface area contributed by atoms with Gasteiger partial charge in [-0.3, -0.25) is 20.2 Å². The lowest BCUT2D eigenvalue weighted by Gasteiger charge is -2.06. The number of non-ortho nitro benzene ring substituents is 1. The van der Waals surface area contributed by atoms with Crippen molar-refractivity contribution in [2.24, 2.45) is 0 Å². The third kappa shape index (κ3) is 2.80. The molecule has 2 aromatic carbocycles. The highest BCUT2D eigenvalue weighted by molar-refractivity contribution is 5.48. The molecule has 1 radical (unpaired) electrons. The van der Waals surface area contributed by atoms with Gasteiger partial charge in [0.1, 0.15) is 0 Å². The van der Waals surface area contributed by atoms with E-state index >= 15 is 0 Å². The lowest BCUT2D eigenvalue weighted by molar-refractivity contribution is -0.385. The number of hydrogen-bond acceptors (Lipinski definition) is 4. The molecule has 2 rings (SSSR count). The molecule has 101 valence electrons. The van der Waals surface area contributed by atoms with E-state index in [-0.39, 0.29) is 17.8 Å². The molecule has 2 aromatic rings. The summed E-state index contributed by atoms with van der Waals surface area (Å²) in [6.45, 7) is 3.80. The molecule has 0 aliphatic carbocycles. The van der Waals surface area contributed by atoms with Gasteiger partial charge in [-0.05, 0) is 18.1 Å². The highest BCUT2D eigenvalue weighted by atomic mass is 16.6. The summed E-state index contributed by atoms with van der Waals surface area (Å²) in [5.41, 5.74) is 1.68. The number of benzene rings is 2. The molecule has 6 heteroatoms. The Morgan fingerprint density at radius 1 is 0.950 bits per heavy atom. The lowest BCUT2D eigenvalue weighted by Crippen LogP contribution is -1.99. The van der Waals surface area contributed by atoms with Gasteiger partial charge in [0.2, 0.25) is 0 Å². The van der Waals surface area contributed by atoms with Crippen molar-refractivity contribution >= 4 is 11.4 Å². The lowest BCUT2D eigenvalue weighted by atomic mass is 9.99. The normalized spacial score (nSPS) is 10.2. The van der Waals surface area contributed by atoms with Crippen molar-refractivity contribution in [2.75, 3.05) is 0 Å². The van der Waals surface area contributed by atoms with E-state index in [1.165, 1.54) is 18.2 Å². The maximum atomic E-state index is 11.0. The Balaban J connectivity index is 2.42. The first-order valence-corrected chi connectivity index (χ1v) is 5.80. The van der Waals surface area contributed by atoms with Gasteiger partial charge in [0.15, 0.2) is 0 Å². The maximum absolute atomic E-state index is 11.0. The predicted molar refractivity (Wildman–Crippen MR) is 73.5 cm³/mol. The van der Waals surface area contributed by atoms with E-state index in [0.29, 0.717) is 16.7 Å². The first kappa shape index (κ1) is 13.7. The minimum absolute atomic E-state index is 0.00148.